The van der Waals surface area contributed by atoms with Gasteiger partial charge >= 0.3 is 6.03 Å². The number of piperazine rings is 1. The second-order valence-corrected chi connectivity index (χ2v) is 5.55. The molecule has 0 aromatic rings. The van der Waals surface area contributed by atoms with E-state index in [4.69, 9.17) is 5.73 Å². The number of nitrogens with two attached hydrogens (primary N) is 1. The van der Waals surface area contributed by atoms with Crippen LogP contribution in [0.15, 0.2) is 0 Å². The third kappa shape index (κ3) is 2.58. The van der Waals surface area contributed by atoms with E-state index in [0.717, 1.165) is 0 Å². The van der Waals surface area contributed by atoms with Gasteiger partial charge in [-0.3, -0.25) is 4.79 Å². The molecule has 2 heterocycles. The van der Waals surface area contributed by atoms with Crippen LogP contribution in [0.5, 0.6) is 0 Å². The van der Waals surface area contributed by atoms with Crippen LogP contribution in [-0.4, -0.2) is 60.0 Å². The molecule has 0 aromatic carbocycles. The van der Waals surface area contributed by atoms with Crippen LogP contribution in [-0.2, 0) is 4.79 Å². The van der Waals surface area contributed by atoms with E-state index in [-0.39, 0.29) is 18.0 Å². The average Bonchev–Trinajstić information content (AvgIpc) is 2.69. The van der Waals surface area contributed by atoms with Gasteiger partial charge in [-0.1, -0.05) is 13.8 Å². The molecule has 2 rings (SSSR count). The second kappa shape index (κ2) is 5.14. The van der Waals surface area contributed by atoms with Gasteiger partial charge in [0.25, 0.3) is 0 Å². The van der Waals surface area contributed by atoms with Gasteiger partial charge < -0.3 is 20.9 Å². The van der Waals surface area contributed by atoms with Crippen LogP contribution in [0.3, 0.4) is 0 Å². The lowest BCUT2D eigenvalue weighted by molar-refractivity contribution is -0.135. The van der Waals surface area contributed by atoms with Crippen molar-refractivity contribution >= 4 is 11.9 Å². The SMILES string of the molecule is CC(C)C[C@@H](N)C(=O)N1CCN2C(=O)NCC2C1. The summed E-state index contributed by atoms with van der Waals surface area (Å²) in [6, 6.07) is -0.318. The Kier molecular flexibility index (Phi) is 3.75. The summed E-state index contributed by atoms with van der Waals surface area (Å²) in [5, 5.41) is 2.80. The Morgan fingerprint density at radius 2 is 2.22 bits per heavy atom. The number of nitrogens with zero attached hydrogens (tertiary/aromatic N) is 2. The molecule has 0 saturated carbocycles. The Morgan fingerprint density at radius 1 is 1.50 bits per heavy atom. The molecule has 0 aromatic heterocycles. The highest BCUT2D eigenvalue weighted by Gasteiger charge is 2.37. The summed E-state index contributed by atoms with van der Waals surface area (Å²) < 4.78 is 0. The Labute approximate surface area is 107 Å². The maximum Gasteiger partial charge on any atom is 0.317 e. The normalized spacial score (nSPS) is 25.1. The summed E-state index contributed by atoms with van der Waals surface area (Å²) in [7, 11) is 0. The fourth-order valence-corrected chi connectivity index (χ4v) is 2.65. The highest BCUT2D eigenvalue weighted by atomic mass is 16.2. The van der Waals surface area contributed by atoms with Gasteiger partial charge in [0.15, 0.2) is 0 Å². The summed E-state index contributed by atoms with van der Waals surface area (Å²) in [5.74, 6) is 0.433. The standard InChI is InChI=1S/C12H22N4O2/c1-8(2)5-10(13)11(17)15-3-4-16-9(7-15)6-14-12(16)18/h8-10H,3-7,13H2,1-2H3,(H,14,18)/t9?,10-/m1/s1. The predicted octanol–water partition coefficient (Wildman–Crippen LogP) is -0.404. The van der Waals surface area contributed by atoms with Crippen molar-refractivity contribution in [2.75, 3.05) is 26.2 Å². The molecule has 18 heavy (non-hydrogen) atoms. The topological polar surface area (TPSA) is 78.7 Å². The maximum absolute atomic E-state index is 12.2. The van der Waals surface area contributed by atoms with Gasteiger partial charge in [0.05, 0.1) is 12.1 Å². The van der Waals surface area contributed by atoms with Crippen molar-refractivity contribution < 1.29 is 9.59 Å². The van der Waals surface area contributed by atoms with Crippen LogP contribution in [0.2, 0.25) is 0 Å². The molecule has 3 N–H and O–H groups in total. The number of hydrogen-bond donors (Lipinski definition) is 2. The summed E-state index contributed by atoms with van der Waals surface area (Å²) in [6.07, 6.45) is 0.709. The van der Waals surface area contributed by atoms with E-state index in [1.54, 1.807) is 9.80 Å². The molecule has 0 aliphatic carbocycles. The zero-order valence-electron chi connectivity index (χ0n) is 11.1. The van der Waals surface area contributed by atoms with E-state index in [1.807, 2.05) is 0 Å². The minimum absolute atomic E-state index is 0.0152. The van der Waals surface area contributed by atoms with Crippen LogP contribution < -0.4 is 11.1 Å². The van der Waals surface area contributed by atoms with Crippen LogP contribution in [0.25, 0.3) is 0 Å². The summed E-state index contributed by atoms with van der Waals surface area (Å²) >= 11 is 0. The number of nitrogens with one attached hydrogen (secondary N) is 1. The van der Waals surface area contributed by atoms with E-state index in [2.05, 4.69) is 19.2 Å². The van der Waals surface area contributed by atoms with Gasteiger partial charge in [0.2, 0.25) is 5.91 Å². The molecule has 2 fully saturated rings. The predicted molar refractivity (Wildman–Crippen MR) is 67.9 cm³/mol. The van der Waals surface area contributed by atoms with Crippen LogP contribution >= 0.6 is 0 Å². The lowest BCUT2D eigenvalue weighted by Crippen LogP contribution is -2.57. The molecule has 6 heteroatoms. The van der Waals surface area contributed by atoms with Gasteiger partial charge in [-0.15, -0.1) is 0 Å². The highest BCUT2D eigenvalue weighted by Crippen LogP contribution is 2.15. The number of urea groups is 1. The van der Waals surface area contributed by atoms with E-state index in [0.29, 0.717) is 38.5 Å². The van der Waals surface area contributed by atoms with Crippen molar-refractivity contribution in [1.82, 2.24) is 15.1 Å². The van der Waals surface area contributed by atoms with E-state index < -0.39 is 6.04 Å². The number of carbonyl (C=O) groups excluding carboxylic acids is 2. The smallest absolute Gasteiger partial charge is 0.317 e. The van der Waals surface area contributed by atoms with Crippen molar-refractivity contribution in [2.24, 2.45) is 11.7 Å². The summed E-state index contributed by atoms with van der Waals surface area (Å²) in [4.78, 5) is 27.2. The third-order valence-corrected chi connectivity index (χ3v) is 3.59. The fourth-order valence-electron chi connectivity index (χ4n) is 2.65. The van der Waals surface area contributed by atoms with Gasteiger partial charge in [0, 0.05) is 26.2 Å². The molecule has 0 spiro atoms. The first-order chi connectivity index (χ1) is 8.49. The maximum atomic E-state index is 12.2. The number of amides is 3. The lowest BCUT2D eigenvalue weighted by atomic mass is 10.0. The average molecular weight is 254 g/mol. The van der Waals surface area contributed by atoms with Crippen molar-refractivity contribution in [3.8, 4) is 0 Å². The first-order valence-corrected chi connectivity index (χ1v) is 6.58. The Balaban J connectivity index is 1.91. The first-order valence-electron chi connectivity index (χ1n) is 6.58. The Hall–Kier alpha value is -1.30. The third-order valence-electron chi connectivity index (χ3n) is 3.59. The number of hydrogen-bond acceptors (Lipinski definition) is 3. The summed E-state index contributed by atoms with van der Waals surface area (Å²) in [6.45, 7) is 6.55. The number of carbonyl (C=O) groups is 2. The van der Waals surface area contributed by atoms with Gasteiger partial charge in [-0.25, -0.2) is 4.79 Å². The minimum Gasteiger partial charge on any atom is -0.337 e. The van der Waals surface area contributed by atoms with E-state index in [9.17, 15) is 9.59 Å². The van der Waals surface area contributed by atoms with Crippen molar-refractivity contribution in [3.05, 3.63) is 0 Å². The molecule has 2 aliphatic heterocycles. The van der Waals surface area contributed by atoms with Crippen LogP contribution in [0.4, 0.5) is 4.79 Å². The molecule has 0 bridgehead atoms. The molecule has 1 unspecified atom stereocenters. The molecular weight excluding hydrogens is 232 g/mol. The van der Waals surface area contributed by atoms with Crippen molar-refractivity contribution in [3.63, 3.8) is 0 Å². The molecule has 6 nitrogen and oxygen atoms in total. The van der Waals surface area contributed by atoms with Crippen molar-refractivity contribution in [1.29, 1.82) is 0 Å². The molecule has 0 radical (unpaired) electrons. The van der Waals surface area contributed by atoms with E-state index >= 15 is 0 Å². The van der Waals surface area contributed by atoms with E-state index in [1.165, 1.54) is 0 Å². The fraction of sp³-hybridized carbons (Fsp3) is 0.833. The van der Waals surface area contributed by atoms with Crippen molar-refractivity contribution in [2.45, 2.75) is 32.4 Å². The Bertz CT molecular complexity index is 345. The quantitative estimate of drug-likeness (QED) is 0.719. The van der Waals surface area contributed by atoms with Gasteiger partial charge in [-0.05, 0) is 12.3 Å². The highest BCUT2D eigenvalue weighted by molar-refractivity contribution is 5.83. The molecule has 3 amide bonds. The zero-order chi connectivity index (χ0) is 13.3. The largest absolute Gasteiger partial charge is 0.337 e. The molecular formula is C12H22N4O2. The zero-order valence-corrected chi connectivity index (χ0v) is 11.1. The molecule has 2 saturated heterocycles. The second-order valence-electron chi connectivity index (χ2n) is 5.55. The molecule has 2 atom stereocenters. The lowest BCUT2D eigenvalue weighted by Gasteiger charge is -2.37. The Morgan fingerprint density at radius 3 is 2.89 bits per heavy atom. The first kappa shape index (κ1) is 13.1. The van der Waals surface area contributed by atoms with Gasteiger partial charge in [-0.2, -0.15) is 0 Å². The minimum atomic E-state index is -0.415. The molecule has 102 valence electrons. The number of fused-ring (bicyclic) bond motifs is 1. The molecule has 2 aliphatic rings. The number of rotatable bonds is 3. The summed E-state index contributed by atoms with van der Waals surface area (Å²) in [5.41, 5.74) is 5.93. The van der Waals surface area contributed by atoms with Gasteiger partial charge in [0.1, 0.15) is 0 Å². The monoisotopic (exact) mass is 254 g/mol. The van der Waals surface area contributed by atoms with Crippen LogP contribution in [0, 0.1) is 5.92 Å². The van der Waals surface area contributed by atoms with Crippen LogP contribution in [0.1, 0.15) is 20.3 Å².